The van der Waals surface area contributed by atoms with Crippen LogP contribution in [0.5, 0.6) is 0 Å². The maximum atomic E-state index is 12.8. The number of allylic oxidation sites excluding steroid dienone is 3. The van der Waals surface area contributed by atoms with Crippen molar-refractivity contribution in [3.8, 4) is 11.1 Å². The molecule has 3 atom stereocenters. The molecule has 1 fully saturated rings. The summed E-state index contributed by atoms with van der Waals surface area (Å²) in [6.07, 6.45) is 11.1. The fraction of sp³-hybridized carbons (Fsp3) is 0.312. The van der Waals surface area contributed by atoms with E-state index in [0.717, 1.165) is 50.8 Å². The van der Waals surface area contributed by atoms with E-state index >= 15 is 0 Å². The van der Waals surface area contributed by atoms with E-state index in [1.54, 1.807) is 12.4 Å². The van der Waals surface area contributed by atoms with Crippen molar-refractivity contribution in [3.05, 3.63) is 82.9 Å². The van der Waals surface area contributed by atoms with Crippen LogP contribution >= 0.6 is 0 Å². The first-order chi connectivity index (χ1) is 19.1. The number of benzene rings is 2. The van der Waals surface area contributed by atoms with Gasteiger partial charge in [0.05, 0.1) is 24.2 Å². The van der Waals surface area contributed by atoms with Crippen molar-refractivity contribution in [2.24, 2.45) is 10.9 Å². The summed E-state index contributed by atoms with van der Waals surface area (Å²) in [5, 5.41) is 12.3. The van der Waals surface area contributed by atoms with Gasteiger partial charge in [0, 0.05) is 36.2 Å². The van der Waals surface area contributed by atoms with Gasteiger partial charge in [-0.1, -0.05) is 29.8 Å². The zero-order valence-electron chi connectivity index (χ0n) is 23.0. The first kappa shape index (κ1) is 26.0. The summed E-state index contributed by atoms with van der Waals surface area (Å²) in [4.78, 5) is 26.0. The number of hydrogen-bond acceptors (Lipinski definition) is 7. The normalized spacial score (nSPS) is 20.6. The number of nitrogen functional groups attached to an aromatic ring is 1. The largest absolute Gasteiger partial charge is 0.497 e. The SMILES string of the molecule is Cc1cc2cc(-c3cnc(N)nc3)ccc2c(C2=CC=C3OCCC4=CC=NC2C43)c1C(OC(C)(C)C)C(=O)O. The Morgan fingerprint density at radius 3 is 2.62 bits per heavy atom. The fourth-order valence-corrected chi connectivity index (χ4v) is 5.96. The third kappa shape index (κ3) is 4.58. The van der Waals surface area contributed by atoms with E-state index in [4.69, 9.17) is 20.2 Å². The minimum atomic E-state index is -1.17. The summed E-state index contributed by atoms with van der Waals surface area (Å²) >= 11 is 0. The highest BCUT2D eigenvalue weighted by Gasteiger charge is 2.41. The van der Waals surface area contributed by atoms with Crippen LogP contribution in [0.1, 0.15) is 50.0 Å². The highest BCUT2D eigenvalue weighted by molar-refractivity contribution is 6.01. The van der Waals surface area contributed by atoms with Crippen molar-refractivity contribution in [1.29, 1.82) is 0 Å². The molecule has 2 aliphatic heterocycles. The first-order valence-electron chi connectivity index (χ1n) is 13.4. The van der Waals surface area contributed by atoms with E-state index in [9.17, 15) is 9.90 Å². The molecule has 3 aliphatic rings. The van der Waals surface area contributed by atoms with Gasteiger partial charge in [-0.3, -0.25) is 4.99 Å². The summed E-state index contributed by atoms with van der Waals surface area (Å²) in [7, 11) is 0. The lowest BCUT2D eigenvalue weighted by Crippen LogP contribution is -2.34. The molecule has 2 aromatic carbocycles. The lowest BCUT2D eigenvalue weighted by Gasteiger charge is -2.39. The highest BCUT2D eigenvalue weighted by Crippen LogP contribution is 2.47. The van der Waals surface area contributed by atoms with Crippen molar-refractivity contribution in [2.75, 3.05) is 12.3 Å². The predicted octanol–water partition coefficient (Wildman–Crippen LogP) is 5.83. The second-order valence-electron chi connectivity index (χ2n) is 11.4. The maximum absolute atomic E-state index is 12.8. The van der Waals surface area contributed by atoms with Crippen molar-refractivity contribution in [3.63, 3.8) is 0 Å². The summed E-state index contributed by atoms with van der Waals surface area (Å²) in [6.45, 7) is 8.21. The van der Waals surface area contributed by atoms with E-state index in [0.29, 0.717) is 12.2 Å². The number of fused-ring (bicyclic) bond motifs is 1. The van der Waals surface area contributed by atoms with Gasteiger partial charge in [-0.25, -0.2) is 14.8 Å². The number of carboxylic acids is 1. The number of aromatic nitrogens is 2. The number of aliphatic carboxylic acids is 1. The average molecular weight is 537 g/mol. The van der Waals surface area contributed by atoms with E-state index in [1.807, 2.05) is 64.3 Å². The summed E-state index contributed by atoms with van der Waals surface area (Å²) in [5.41, 5.74) is 11.4. The molecule has 0 bridgehead atoms. The molecule has 0 saturated carbocycles. The first-order valence-corrected chi connectivity index (χ1v) is 13.4. The predicted molar refractivity (Wildman–Crippen MR) is 156 cm³/mol. The summed E-state index contributed by atoms with van der Waals surface area (Å²) in [5.74, 6) is 0.0967. The van der Waals surface area contributed by atoms with Crippen LogP contribution in [0.15, 0.2) is 71.2 Å². The molecular weight excluding hydrogens is 504 g/mol. The summed E-state index contributed by atoms with van der Waals surface area (Å²) in [6, 6.07) is 7.93. The van der Waals surface area contributed by atoms with Crippen LogP contribution in [0.3, 0.4) is 0 Å². The number of ether oxygens (including phenoxy) is 2. The van der Waals surface area contributed by atoms with Crippen molar-refractivity contribution < 1.29 is 19.4 Å². The van der Waals surface area contributed by atoms with Crippen LogP contribution in [0.25, 0.3) is 27.5 Å². The van der Waals surface area contributed by atoms with E-state index in [1.165, 1.54) is 5.57 Å². The number of anilines is 1. The Balaban J connectivity index is 1.61. The molecule has 8 heteroatoms. The van der Waals surface area contributed by atoms with Crippen molar-refractivity contribution >= 4 is 34.5 Å². The number of aryl methyl sites for hydroxylation is 1. The van der Waals surface area contributed by atoms with Gasteiger partial charge < -0.3 is 20.3 Å². The zero-order chi connectivity index (χ0) is 28.2. The lowest BCUT2D eigenvalue weighted by molar-refractivity contribution is -0.160. The number of nitrogens with zero attached hydrogens (tertiary/aromatic N) is 3. The van der Waals surface area contributed by atoms with Crippen LogP contribution in [-0.4, -0.2) is 45.5 Å². The van der Waals surface area contributed by atoms with Crippen LogP contribution in [0.2, 0.25) is 0 Å². The highest BCUT2D eigenvalue weighted by atomic mass is 16.5. The van der Waals surface area contributed by atoms with Gasteiger partial charge in [0.1, 0.15) is 5.76 Å². The van der Waals surface area contributed by atoms with Gasteiger partial charge in [-0.2, -0.15) is 0 Å². The fourth-order valence-electron chi connectivity index (χ4n) is 5.96. The average Bonchev–Trinajstić information content (AvgIpc) is 2.91. The molecule has 0 amide bonds. The van der Waals surface area contributed by atoms with Crippen LogP contribution in [0.4, 0.5) is 5.95 Å². The van der Waals surface area contributed by atoms with E-state index < -0.39 is 17.7 Å². The molecule has 3 N–H and O–H groups in total. The van der Waals surface area contributed by atoms with E-state index in [-0.39, 0.29) is 17.9 Å². The molecule has 0 radical (unpaired) electrons. The van der Waals surface area contributed by atoms with Crippen LogP contribution < -0.4 is 5.73 Å². The minimum absolute atomic E-state index is 0.000161. The second-order valence-corrected chi connectivity index (χ2v) is 11.4. The molecule has 204 valence electrons. The smallest absolute Gasteiger partial charge is 0.337 e. The number of rotatable bonds is 5. The monoisotopic (exact) mass is 536 g/mol. The van der Waals surface area contributed by atoms with Gasteiger partial charge in [-0.15, -0.1) is 0 Å². The number of carbonyl (C=O) groups is 1. The molecule has 6 rings (SSSR count). The molecule has 3 aromatic rings. The summed E-state index contributed by atoms with van der Waals surface area (Å²) < 4.78 is 12.2. The Labute approximate surface area is 233 Å². The minimum Gasteiger partial charge on any atom is -0.497 e. The Kier molecular flexibility index (Phi) is 6.30. The van der Waals surface area contributed by atoms with E-state index in [2.05, 4.69) is 22.1 Å². The zero-order valence-corrected chi connectivity index (χ0v) is 23.0. The molecule has 1 aliphatic carbocycles. The van der Waals surface area contributed by atoms with Gasteiger partial charge in [-0.05, 0) is 78.9 Å². The molecule has 1 aromatic heterocycles. The van der Waals surface area contributed by atoms with Gasteiger partial charge >= 0.3 is 5.97 Å². The standard InChI is InChI=1S/C32H32N4O4/c1-17-13-20-14-19(21-15-35-31(33)36-16-21)5-6-22(20)27(25(17)29(30(37)38)40-32(2,3)4)23-7-8-24-26-18(10-12-39-24)9-11-34-28(23)26/h5-9,11,13-16,26,28-29H,10,12H2,1-4H3,(H,37,38)(H2,33,35,36). The third-order valence-corrected chi connectivity index (χ3v) is 7.60. The lowest BCUT2D eigenvalue weighted by atomic mass is 9.74. The van der Waals surface area contributed by atoms with Crippen molar-refractivity contribution in [2.45, 2.75) is 51.9 Å². The molecule has 40 heavy (non-hydrogen) atoms. The second kappa shape index (κ2) is 9.71. The Bertz CT molecular complexity index is 1640. The molecule has 1 saturated heterocycles. The molecule has 8 nitrogen and oxygen atoms in total. The van der Waals surface area contributed by atoms with Gasteiger partial charge in [0.25, 0.3) is 0 Å². The Morgan fingerprint density at radius 2 is 1.90 bits per heavy atom. The number of carboxylic acid groups (broad SMARTS) is 1. The number of dihydropyridines is 1. The van der Waals surface area contributed by atoms with Gasteiger partial charge in [0.2, 0.25) is 5.95 Å². The molecule has 3 heterocycles. The number of hydrogen-bond donors (Lipinski definition) is 2. The Morgan fingerprint density at radius 1 is 1.12 bits per heavy atom. The third-order valence-electron chi connectivity index (χ3n) is 7.60. The van der Waals surface area contributed by atoms with Crippen LogP contribution in [-0.2, 0) is 14.3 Å². The quantitative estimate of drug-likeness (QED) is 0.421. The molecular formula is C32H32N4O4. The molecule has 3 unspecified atom stereocenters. The maximum Gasteiger partial charge on any atom is 0.337 e. The van der Waals surface area contributed by atoms with Crippen LogP contribution in [0, 0.1) is 12.8 Å². The number of aliphatic imine (C=N–C) groups is 1. The van der Waals surface area contributed by atoms with Crippen molar-refractivity contribution in [1.82, 2.24) is 9.97 Å². The Hall–Kier alpha value is -4.30. The van der Waals surface area contributed by atoms with Gasteiger partial charge in [0.15, 0.2) is 6.10 Å². The number of nitrogens with two attached hydrogens (primary N) is 1. The topological polar surface area (TPSA) is 120 Å². The molecule has 0 spiro atoms.